The molecule has 5 heteroatoms. The summed E-state index contributed by atoms with van der Waals surface area (Å²) in [5, 5.41) is 5.16. The summed E-state index contributed by atoms with van der Waals surface area (Å²) in [6.45, 7) is 8.29. The van der Waals surface area contributed by atoms with E-state index in [1.807, 2.05) is 6.07 Å². The van der Waals surface area contributed by atoms with E-state index in [0.717, 1.165) is 18.8 Å². The van der Waals surface area contributed by atoms with Crippen LogP contribution in [0.2, 0.25) is 0 Å². The molecule has 0 radical (unpaired) electrons. The zero-order valence-corrected chi connectivity index (χ0v) is 13.6. The minimum absolute atomic E-state index is 0.0475. The first-order valence-corrected chi connectivity index (χ1v) is 8.64. The van der Waals surface area contributed by atoms with Gasteiger partial charge >= 0.3 is 0 Å². The van der Waals surface area contributed by atoms with Crippen LogP contribution in [0.15, 0.2) is 17.5 Å². The Labute approximate surface area is 129 Å². The van der Waals surface area contributed by atoms with E-state index in [1.165, 1.54) is 36.1 Å². The fraction of sp³-hybridized carbons (Fsp3) is 0.562. The van der Waals surface area contributed by atoms with Crippen molar-refractivity contribution in [3.63, 3.8) is 0 Å². The summed E-state index contributed by atoms with van der Waals surface area (Å²) >= 11 is 1.69. The number of nitrogens with one attached hydrogen (secondary N) is 1. The molecule has 0 aliphatic carbocycles. The van der Waals surface area contributed by atoms with Gasteiger partial charge in [0, 0.05) is 19.1 Å². The zero-order valence-electron chi connectivity index (χ0n) is 12.8. The molecule has 3 heterocycles. The molecular formula is C16H23N3OS. The first-order chi connectivity index (χ1) is 10.2. The summed E-state index contributed by atoms with van der Waals surface area (Å²) in [7, 11) is 0. The first-order valence-electron chi connectivity index (χ1n) is 7.76. The predicted octanol–water partition coefficient (Wildman–Crippen LogP) is 3.11. The number of hydrogen-bond donors (Lipinski definition) is 1. The van der Waals surface area contributed by atoms with Gasteiger partial charge in [-0.2, -0.15) is 0 Å². The third kappa shape index (κ3) is 2.99. The number of nitrogens with zero attached hydrogens (tertiary/aromatic N) is 2. The van der Waals surface area contributed by atoms with Crippen LogP contribution in [0.25, 0.3) is 10.2 Å². The van der Waals surface area contributed by atoms with Crippen molar-refractivity contribution in [3.05, 3.63) is 23.2 Å². The molecule has 0 saturated carbocycles. The van der Waals surface area contributed by atoms with E-state index in [4.69, 9.17) is 0 Å². The van der Waals surface area contributed by atoms with Gasteiger partial charge in [-0.3, -0.25) is 4.79 Å². The normalized spacial score (nSPS) is 16.1. The lowest BCUT2D eigenvalue weighted by Crippen LogP contribution is -2.34. The van der Waals surface area contributed by atoms with Gasteiger partial charge in [0.15, 0.2) is 0 Å². The van der Waals surface area contributed by atoms with Gasteiger partial charge in [-0.25, -0.2) is 0 Å². The third-order valence-electron chi connectivity index (χ3n) is 4.12. The van der Waals surface area contributed by atoms with Gasteiger partial charge in [0.1, 0.15) is 5.69 Å². The van der Waals surface area contributed by atoms with Gasteiger partial charge in [0.2, 0.25) is 0 Å². The molecule has 2 aromatic rings. The molecule has 114 valence electrons. The zero-order chi connectivity index (χ0) is 14.8. The number of amides is 1. The van der Waals surface area contributed by atoms with E-state index in [0.29, 0.717) is 0 Å². The molecule has 0 aromatic carbocycles. The largest absolute Gasteiger partial charge is 0.349 e. The topological polar surface area (TPSA) is 37.3 Å². The van der Waals surface area contributed by atoms with Crippen molar-refractivity contribution >= 4 is 27.5 Å². The number of hydrogen-bond acceptors (Lipinski definition) is 3. The van der Waals surface area contributed by atoms with Gasteiger partial charge in [0.05, 0.1) is 10.2 Å². The van der Waals surface area contributed by atoms with Gasteiger partial charge in [-0.15, -0.1) is 11.3 Å². The van der Waals surface area contributed by atoms with E-state index >= 15 is 0 Å². The van der Waals surface area contributed by atoms with Gasteiger partial charge in [-0.1, -0.05) is 0 Å². The first kappa shape index (κ1) is 14.6. The maximum Gasteiger partial charge on any atom is 0.268 e. The van der Waals surface area contributed by atoms with Crippen LogP contribution in [0.5, 0.6) is 0 Å². The molecule has 0 unspecified atom stereocenters. The van der Waals surface area contributed by atoms with E-state index in [-0.39, 0.29) is 11.9 Å². The molecule has 0 bridgehead atoms. The van der Waals surface area contributed by atoms with Crippen molar-refractivity contribution < 1.29 is 4.79 Å². The van der Waals surface area contributed by atoms with Crippen LogP contribution < -0.4 is 5.32 Å². The molecule has 1 aliphatic heterocycles. The Morgan fingerprint density at radius 3 is 2.86 bits per heavy atom. The highest BCUT2D eigenvalue weighted by molar-refractivity contribution is 7.17. The van der Waals surface area contributed by atoms with E-state index in [1.54, 1.807) is 11.3 Å². The lowest BCUT2D eigenvalue weighted by molar-refractivity contribution is 0.0939. The number of aromatic nitrogens is 1. The number of carbonyl (C=O) groups excluding carboxylic acids is 1. The standard InChI is InChI=1S/C16H23N3OS/c1-12(2)19-13-5-10-21-15(13)11-14(19)16(20)17-6-9-18-7-3-4-8-18/h5,10-12H,3-4,6-9H2,1-2H3,(H,17,20). The molecule has 1 fully saturated rings. The number of rotatable bonds is 5. The van der Waals surface area contributed by atoms with E-state index < -0.39 is 0 Å². The van der Waals surface area contributed by atoms with Crippen LogP contribution in [0.1, 0.15) is 43.2 Å². The van der Waals surface area contributed by atoms with Gasteiger partial charge in [0.25, 0.3) is 5.91 Å². The Balaban J connectivity index is 1.68. The smallest absolute Gasteiger partial charge is 0.268 e. The van der Waals surface area contributed by atoms with Gasteiger partial charge < -0.3 is 14.8 Å². The highest BCUT2D eigenvalue weighted by Crippen LogP contribution is 2.28. The van der Waals surface area contributed by atoms with Crippen LogP contribution >= 0.6 is 11.3 Å². The molecule has 3 rings (SSSR count). The third-order valence-corrected chi connectivity index (χ3v) is 4.97. The maximum absolute atomic E-state index is 12.5. The average molecular weight is 305 g/mol. The number of fused-ring (bicyclic) bond motifs is 1. The van der Waals surface area contributed by atoms with E-state index in [9.17, 15) is 4.79 Å². The van der Waals surface area contributed by atoms with Crippen molar-refractivity contribution in [1.82, 2.24) is 14.8 Å². The molecule has 0 spiro atoms. The molecule has 2 aromatic heterocycles. The Morgan fingerprint density at radius 2 is 2.14 bits per heavy atom. The maximum atomic E-state index is 12.5. The summed E-state index contributed by atoms with van der Waals surface area (Å²) in [5.41, 5.74) is 1.95. The lowest BCUT2D eigenvalue weighted by atomic mass is 10.3. The molecule has 1 saturated heterocycles. The molecule has 0 atom stereocenters. The Bertz CT molecular complexity index is 623. The van der Waals surface area contributed by atoms with E-state index in [2.05, 4.69) is 40.1 Å². The van der Waals surface area contributed by atoms with Gasteiger partial charge in [-0.05, 0) is 57.3 Å². The van der Waals surface area contributed by atoms with Crippen molar-refractivity contribution in [3.8, 4) is 0 Å². The second-order valence-electron chi connectivity index (χ2n) is 5.97. The number of carbonyl (C=O) groups is 1. The summed E-state index contributed by atoms with van der Waals surface area (Å²) in [6, 6.07) is 4.41. The Kier molecular flexibility index (Phi) is 4.31. The van der Waals surface area contributed by atoms with Crippen LogP contribution in [0.4, 0.5) is 0 Å². The summed E-state index contributed by atoms with van der Waals surface area (Å²) < 4.78 is 3.32. The van der Waals surface area contributed by atoms with Crippen molar-refractivity contribution in [1.29, 1.82) is 0 Å². The number of likely N-dealkylation sites (tertiary alicyclic amines) is 1. The minimum Gasteiger partial charge on any atom is -0.349 e. The monoisotopic (exact) mass is 305 g/mol. The van der Waals surface area contributed by atoms with Crippen LogP contribution in [0.3, 0.4) is 0 Å². The highest BCUT2D eigenvalue weighted by atomic mass is 32.1. The molecule has 21 heavy (non-hydrogen) atoms. The van der Waals surface area contributed by atoms with Crippen LogP contribution in [0, 0.1) is 0 Å². The molecule has 1 N–H and O–H groups in total. The number of thiophene rings is 1. The summed E-state index contributed by atoms with van der Waals surface area (Å²) in [4.78, 5) is 14.9. The fourth-order valence-electron chi connectivity index (χ4n) is 3.10. The highest BCUT2D eigenvalue weighted by Gasteiger charge is 2.18. The minimum atomic E-state index is 0.0475. The molecule has 1 aliphatic rings. The Morgan fingerprint density at radius 1 is 1.38 bits per heavy atom. The van der Waals surface area contributed by atoms with Crippen LogP contribution in [-0.4, -0.2) is 41.6 Å². The van der Waals surface area contributed by atoms with Crippen molar-refractivity contribution in [2.75, 3.05) is 26.2 Å². The SMILES string of the molecule is CC(C)n1c(C(=O)NCCN2CCCC2)cc2sccc21. The second-order valence-corrected chi connectivity index (χ2v) is 6.92. The fourth-order valence-corrected chi connectivity index (χ4v) is 3.91. The Hall–Kier alpha value is -1.33. The molecular weight excluding hydrogens is 282 g/mol. The molecule has 1 amide bonds. The van der Waals surface area contributed by atoms with Crippen molar-refractivity contribution in [2.24, 2.45) is 0 Å². The average Bonchev–Trinajstić information content (AvgIpc) is 3.13. The lowest BCUT2D eigenvalue weighted by Gasteiger charge is -2.16. The quantitative estimate of drug-likeness (QED) is 0.921. The van der Waals surface area contributed by atoms with Crippen LogP contribution in [-0.2, 0) is 0 Å². The molecule has 4 nitrogen and oxygen atoms in total. The predicted molar refractivity (Wildman–Crippen MR) is 88.2 cm³/mol. The second kappa shape index (κ2) is 6.20. The van der Waals surface area contributed by atoms with Crippen molar-refractivity contribution in [2.45, 2.75) is 32.7 Å². The summed E-state index contributed by atoms with van der Waals surface area (Å²) in [6.07, 6.45) is 2.58. The summed E-state index contributed by atoms with van der Waals surface area (Å²) in [5.74, 6) is 0.0475.